The summed E-state index contributed by atoms with van der Waals surface area (Å²) in [5, 5.41) is 0. The molecule has 0 atom stereocenters. The van der Waals surface area contributed by atoms with Gasteiger partial charge in [-0.05, 0) is 57.6 Å². The molecular formula is C21H32N2. The van der Waals surface area contributed by atoms with E-state index < -0.39 is 0 Å². The van der Waals surface area contributed by atoms with Crippen molar-refractivity contribution in [2.45, 2.75) is 72.6 Å². The number of aliphatic imine (C=N–C) groups is 2. The molecule has 0 radical (unpaired) electrons. The summed E-state index contributed by atoms with van der Waals surface area (Å²) < 4.78 is 0. The zero-order valence-electron chi connectivity index (χ0n) is 15.4. The van der Waals surface area contributed by atoms with Gasteiger partial charge in [-0.15, -0.1) is 0 Å². The van der Waals surface area contributed by atoms with Crippen LogP contribution in [-0.2, 0) is 0 Å². The Hall–Kier alpha value is -1.70. The Bertz CT molecular complexity index is 538. The second-order valence-corrected chi connectivity index (χ2v) is 6.29. The lowest BCUT2D eigenvalue weighted by molar-refractivity contribution is 0.685. The van der Waals surface area contributed by atoms with E-state index in [1.807, 2.05) is 13.1 Å². The van der Waals surface area contributed by atoms with Gasteiger partial charge in [0.15, 0.2) is 0 Å². The van der Waals surface area contributed by atoms with E-state index in [1.165, 1.54) is 31.3 Å². The maximum atomic E-state index is 4.68. The molecule has 0 fully saturated rings. The van der Waals surface area contributed by atoms with E-state index in [0.29, 0.717) is 0 Å². The minimum absolute atomic E-state index is 0.829. The van der Waals surface area contributed by atoms with E-state index in [-0.39, 0.29) is 0 Å². The van der Waals surface area contributed by atoms with Crippen LogP contribution in [0.2, 0.25) is 0 Å². The molecule has 0 unspecified atom stereocenters. The Kier molecular flexibility index (Phi) is 9.20. The summed E-state index contributed by atoms with van der Waals surface area (Å²) in [4.78, 5) is 9.35. The van der Waals surface area contributed by atoms with Gasteiger partial charge in [0.1, 0.15) is 0 Å². The van der Waals surface area contributed by atoms with Gasteiger partial charge >= 0.3 is 0 Å². The molecule has 2 heteroatoms. The summed E-state index contributed by atoms with van der Waals surface area (Å²) in [5.41, 5.74) is 5.08. The molecule has 0 saturated carbocycles. The van der Waals surface area contributed by atoms with Crippen molar-refractivity contribution < 1.29 is 0 Å². The fourth-order valence-corrected chi connectivity index (χ4v) is 2.55. The Labute approximate surface area is 142 Å². The molecule has 0 aliphatic heterocycles. The highest BCUT2D eigenvalue weighted by atomic mass is 14.8. The third-order valence-electron chi connectivity index (χ3n) is 3.85. The minimum Gasteiger partial charge on any atom is -0.259 e. The molecule has 0 aromatic rings. The van der Waals surface area contributed by atoms with E-state index in [2.05, 4.69) is 55.6 Å². The zero-order chi connectivity index (χ0) is 17.1. The van der Waals surface area contributed by atoms with E-state index in [0.717, 1.165) is 41.9 Å². The van der Waals surface area contributed by atoms with Crippen molar-refractivity contribution in [2.75, 3.05) is 0 Å². The van der Waals surface area contributed by atoms with Crippen molar-refractivity contribution in [3.05, 3.63) is 47.3 Å². The van der Waals surface area contributed by atoms with Crippen LogP contribution in [0, 0.1) is 0 Å². The Balaban J connectivity index is 2.69. The summed E-state index contributed by atoms with van der Waals surface area (Å²) in [7, 11) is 0. The molecule has 1 rings (SSSR count). The molecule has 0 spiro atoms. The van der Waals surface area contributed by atoms with Gasteiger partial charge in [-0.25, -0.2) is 0 Å². The Morgan fingerprint density at radius 1 is 1.17 bits per heavy atom. The van der Waals surface area contributed by atoms with Gasteiger partial charge in [0.05, 0.1) is 17.1 Å². The quantitative estimate of drug-likeness (QED) is 0.339. The van der Waals surface area contributed by atoms with E-state index >= 15 is 0 Å². The van der Waals surface area contributed by atoms with Gasteiger partial charge < -0.3 is 0 Å². The molecule has 0 aromatic heterocycles. The molecule has 2 nitrogen and oxygen atoms in total. The standard InChI is InChI=1S/C21H32N2/c1-6-7-8-9-13-16-22-21(17(2)3)19(5)23-18(4)20-14-11-10-12-15-20/h11,14-16H,4,6-10,12-13H2,1-3,5H3. The third kappa shape index (κ3) is 7.40. The maximum absolute atomic E-state index is 4.68. The zero-order valence-corrected chi connectivity index (χ0v) is 15.4. The van der Waals surface area contributed by atoms with Crippen molar-refractivity contribution in [1.82, 2.24) is 0 Å². The highest BCUT2D eigenvalue weighted by Gasteiger charge is 2.06. The molecule has 126 valence electrons. The van der Waals surface area contributed by atoms with Gasteiger partial charge in [0, 0.05) is 6.21 Å². The predicted octanol–water partition coefficient (Wildman–Crippen LogP) is 6.57. The number of hydrogen-bond donors (Lipinski definition) is 0. The fourth-order valence-electron chi connectivity index (χ4n) is 2.55. The topological polar surface area (TPSA) is 24.7 Å². The molecule has 0 saturated heterocycles. The van der Waals surface area contributed by atoms with Crippen LogP contribution in [0.5, 0.6) is 0 Å². The first-order valence-electron chi connectivity index (χ1n) is 8.88. The van der Waals surface area contributed by atoms with E-state index in [4.69, 9.17) is 0 Å². The highest BCUT2D eigenvalue weighted by Crippen LogP contribution is 2.19. The monoisotopic (exact) mass is 312 g/mol. The van der Waals surface area contributed by atoms with Crippen LogP contribution in [0.4, 0.5) is 0 Å². The SMILES string of the molecule is C=C(N=C(C)C(N=CCCCCCC)=C(C)C)C1=CCCC=C1. The lowest BCUT2D eigenvalue weighted by atomic mass is 10.1. The van der Waals surface area contributed by atoms with Crippen LogP contribution in [0.1, 0.15) is 72.6 Å². The molecule has 1 aliphatic carbocycles. The average Bonchev–Trinajstić information content (AvgIpc) is 2.54. The van der Waals surface area contributed by atoms with Crippen molar-refractivity contribution in [2.24, 2.45) is 9.98 Å². The highest BCUT2D eigenvalue weighted by molar-refractivity contribution is 6.00. The van der Waals surface area contributed by atoms with Gasteiger partial charge in [-0.3, -0.25) is 9.98 Å². The number of allylic oxidation sites excluding steroid dienone is 5. The van der Waals surface area contributed by atoms with Crippen molar-refractivity contribution in [1.29, 1.82) is 0 Å². The molecule has 0 heterocycles. The number of unbranched alkanes of at least 4 members (excludes halogenated alkanes) is 4. The predicted molar refractivity (Wildman–Crippen MR) is 104 cm³/mol. The maximum Gasteiger partial charge on any atom is 0.0824 e. The van der Waals surface area contributed by atoms with Crippen LogP contribution < -0.4 is 0 Å². The van der Waals surface area contributed by atoms with Crippen molar-refractivity contribution in [3.63, 3.8) is 0 Å². The molecule has 0 N–H and O–H groups in total. The van der Waals surface area contributed by atoms with Crippen molar-refractivity contribution >= 4 is 11.9 Å². The summed E-state index contributed by atoms with van der Waals surface area (Å²) in [6.45, 7) is 12.5. The fraction of sp³-hybridized carbons (Fsp3) is 0.524. The lowest BCUT2D eigenvalue weighted by Gasteiger charge is -2.09. The number of rotatable bonds is 9. The van der Waals surface area contributed by atoms with E-state index in [9.17, 15) is 0 Å². The first-order chi connectivity index (χ1) is 11.1. The summed E-state index contributed by atoms with van der Waals surface area (Å²) in [6.07, 6.45) is 16.9. The second kappa shape index (κ2) is 10.9. The van der Waals surface area contributed by atoms with Gasteiger partial charge in [-0.2, -0.15) is 0 Å². The second-order valence-electron chi connectivity index (χ2n) is 6.29. The first-order valence-corrected chi connectivity index (χ1v) is 8.88. The molecule has 0 amide bonds. The summed E-state index contributed by atoms with van der Waals surface area (Å²) >= 11 is 0. The smallest absolute Gasteiger partial charge is 0.0824 e. The van der Waals surface area contributed by atoms with Crippen LogP contribution >= 0.6 is 0 Å². The average molecular weight is 313 g/mol. The number of nitrogens with zero attached hydrogens (tertiary/aromatic N) is 2. The van der Waals surface area contributed by atoms with Crippen LogP contribution in [0.25, 0.3) is 0 Å². The number of hydrogen-bond acceptors (Lipinski definition) is 2. The largest absolute Gasteiger partial charge is 0.259 e. The third-order valence-corrected chi connectivity index (χ3v) is 3.85. The molecule has 0 bridgehead atoms. The van der Waals surface area contributed by atoms with Crippen LogP contribution in [0.3, 0.4) is 0 Å². The van der Waals surface area contributed by atoms with E-state index in [1.54, 1.807) is 0 Å². The Morgan fingerprint density at radius 3 is 2.57 bits per heavy atom. The van der Waals surface area contributed by atoms with Crippen LogP contribution in [0.15, 0.2) is 57.3 Å². The summed E-state index contributed by atoms with van der Waals surface area (Å²) in [6, 6.07) is 0. The molecule has 1 aliphatic rings. The Morgan fingerprint density at radius 2 is 1.96 bits per heavy atom. The minimum atomic E-state index is 0.829. The van der Waals surface area contributed by atoms with Gasteiger partial charge in [0.2, 0.25) is 0 Å². The lowest BCUT2D eigenvalue weighted by Crippen LogP contribution is -2.00. The first kappa shape index (κ1) is 19.3. The molecule has 0 aromatic carbocycles. The van der Waals surface area contributed by atoms with Crippen molar-refractivity contribution in [3.8, 4) is 0 Å². The molecular weight excluding hydrogens is 280 g/mol. The van der Waals surface area contributed by atoms with Gasteiger partial charge in [-0.1, -0.05) is 51.0 Å². The summed E-state index contributed by atoms with van der Waals surface area (Å²) in [5.74, 6) is 0. The van der Waals surface area contributed by atoms with Gasteiger partial charge in [0.25, 0.3) is 0 Å². The molecule has 23 heavy (non-hydrogen) atoms. The normalized spacial score (nSPS) is 15.0. The van der Waals surface area contributed by atoms with Crippen LogP contribution in [-0.4, -0.2) is 11.9 Å².